The van der Waals surface area contributed by atoms with Gasteiger partial charge in [-0.3, -0.25) is 4.90 Å². The molecule has 0 aromatic rings. The van der Waals surface area contributed by atoms with Crippen LogP contribution in [0.4, 0.5) is 4.79 Å². The van der Waals surface area contributed by atoms with Gasteiger partial charge in [0.05, 0.1) is 6.04 Å². The molecule has 1 atom stereocenters. The minimum Gasteiger partial charge on any atom is -0.443 e. The maximum absolute atomic E-state index is 12.4. The summed E-state index contributed by atoms with van der Waals surface area (Å²) in [7, 11) is 0. The van der Waals surface area contributed by atoms with Gasteiger partial charge in [-0.15, -0.1) is 0 Å². The zero-order chi connectivity index (χ0) is 14.8. The first-order valence-corrected chi connectivity index (χ1v) is 7.24. The van der Waals surface area contributed by atoms with E-state index in [9.17, 15) is 4.79 Å². The Bertz CT molecular complexity index is 417. The van der Waals surface area contributed by atoms with Gasteiger partial charge in [0, 0.05) is 11.9 Å². The van der Waals surface area contributed by atoms with Crippen LogP contribution < -0.4 is 11.1 Å². The second-order valence-electron chi connectivity index (χ2n) is 6.45. The average molecular weight is 279 g/mol. The molecule has 0 saturated carbocycles. The Morgan fingerprint density at radius 2 is 2.05 bits per heavy atom. The molecule has 0 radical (unpaired) electrons. The SMILES string of the molecule is CC(C)(C)OC(=O)N1C=C(N)C=C[C@@H]1C1CCNCC1. The summed E-state index contributed by atoms with van der Waals surface area (Å²) in [6.07, 6.45) is 7.39. The van der Waals surface area contributed by atoms with Gasteiger partial charge < -0.3 is 15.8 Å². The number of carbonyl (C=O) groups is 1. The summed E-state index contributed by atoms with van der Waals surface area (Å²) in [5.41, 5.74) is 5.91. The fraction of sp³-hybridized carbons (Fsp3) is 0.667. The summed E-state index contributed by atoms with van der Waals surface area (Å²) in [4.78, 5) is 14.0. The Labute approximate surface area is 120 Å². The predicted molar refractivity (Wildman–Crippen MR) is 78.9 cm³/mol. The van der Waals surface area contributed by atoms with Crippen LogP contribution in [0.2, 0.25) is 0 Å². The van der Waals surface area contributed by atoms with Crippen molar-refractivity contribution in [2.24, 2.45) is 11.7 Å². The van der Waals surface area contributed by atoms with Crippen molar-refractivity contribution >= 4 is 6.09 Å². The van der Waals surface area contributed by atoms with Gasteiger partial charge >= 0.3 is 6.09 Å². The molecule has 2 aliphatic heterocycles. The van der Waals surface area contributed by atoms with E-state index in [4.69, 9.17) is 10.5 Å². The van der Waals surface area contributed by atoms with Gasteiger partial charge in [0.1, 0.15) is 5.60 Å². The van der Waals surface area contributed by atoms with Gasteiger partial charge in [0.15, 0.2) is 0 Å². The van der Waals surface area contributed by atoms with Crippen LogP contribution in [0.1, 0.15) is 33.6 Å². The van der Waals surface area contributed by atoms with E-state index in [2.05, 4.69) is 5.32 Å². The summed E-state index contributed by atoms with van der Waals surface area (Å²) >= 11 is 0. The van der Waals surface area contributed by atoms with Gasteiger partial charge in [0.25, 0.3) is 0 Å². The van der Waals surface area contributed by atoms with Gasteiger partial charge in [-0.05, 0) is 58.7 Å². The largest absolute Gasteiger partial charge is 0.443 e. The van der Waals surface area contributed by atoms with E-state index in [0.717, 1.165) is 25.9 Å². The fourth-order valence-corrected chi connectivity index (χ4v) is 2.65. The number of amides is 1. The molecule has 112 valence electrons. The van der Waals surface area contributed by atoms with Crippen LogP contribution in [0.5, 0.6) is 0 Å². The van der Waals surface area contributed by atoms with E-state index in [-0.39, 0.29) is 12.1 Å². The number of rotatable bonds is 1. The summed E-state index contributed by atoms with van der Waals surface area (Å²) < 4.78 is 5.48. The lowest BCUT2D eigenvalue weighted by Gasteiger charge is -2.37. The number of hydrogen-bond donors (Lipinski definition) is 2. The molecule has 0 bridgehead atoms. The molecule has 2 aliphatic rings. The number of nitrogens with one attached hydrogen (secondary N) is 1. The molecule has 5 nitrogen and oxygen atoms in total. The van der Waals surface area contributed by atoms with E-state index < -0.39 is 5.60 Å². The van der Waals surface area contributed by atoms with Crippen molar-refractivity contribution in [3.8, 4) is 0 Å². The Kier molecular flexibility index (Phi) is 4.38. The Morgan fingerprint density at radius 3 is 2.65 bits per heavy atom. The fourth-order valence-electron chi connectivity index (χ4n) is 2.65. The van der Waals surface area contributed by atoms with Crippen LogP contribution in [-0.4, -0.2) is 35.7 Å². The van der Waals surface area contributed by atoms with Gasteiger partial charge in [-0.1, -0.05) is 6.08 Å². The van der Waals surface area contributed by atoms with Crippen LogP contribution in [0.3, 0.4) is 0 Å². The van der Waals surface area contributed by atoms with Crippen molar-refractivity contribution in [1.29, 1.82) is 0 Å². The third kappa shape index (κ3) is 3.76. The monoisotopic (exact) mass is 279 g/mol. The highest BCUT2D eigenvalue weighted by atomic mass is 16.6. The molecular formula is C15H25N3O2. The lowest BCUT2D eigenvalue weighted by molar-refractivity contribution is 0.0240. The smallest absolute Gasteiger partial charge is 0.414 e. The Balaban J connectivity index is 2.13. The molecule has 2 rings (SSSR count). The first kappa shape index (κ1) is 14.9. The number of carbonyl (C=O) groups excluding carboxylic acids is 1. The van der Waals surface area contributed by atoms with Gasteiger partial charge in [-0.2, -0.15) is 0 Å². The van der Waals surface area contributed by atoms with E-state index >= 15 is 0 Å². The lowest BCUT2D eigenvalue weighted by Crippen LogP contribution is -2.47. The van der Waals surface area contributed by atoms with Crippen molar-refractivity contribution < 1.29 is 9.53 Å². The van der Waals surface area contributed by atoms with E-state index in [1.165, 1.54) is 0 Å². The number of nitrogens with two attached hydrogens (primary N) is 1. The second-order valence-corrected chi connectivity index (χ2v) is 6.45. The average Bonchev–Trinajstić information content (AvgIpc) is 2.37. The summed E-state index contributed by atoms with van der Waals surface area (Å²) in [5.74, 6) is 0.448. The minimum absolute atomic E-state index is 0.0410. The van der Waals surface area contributed by atoms with Crippen molar-refractivity contribution in [1.82, 2.24) is 10.2 Å². The number of nitrogens with zero attached hydrogens (tertiary/aromatic N) is 1. The standard InChI is InChI=1S/C15H25N3O2/c1-15(2,3)20-14(19)18-10-12(16)4-5-13(18)11-6-8-17-9-7-11/h4-5,10-11,13,17H,6-9,16H2,1-3H3/t13-/m1/s1. The minimum atomic E-state index is -0.500. The van der Waals surface area contributed by atoms with Crippen molar-refractivity contribution in [2.75, 3.05) is 13.1 Å². The number of piperidine rings is 1. The van der Waals surface area contributed by atoms with Crippen LogP contribution in [0.15, 0.2) is 24.0 Å². The van der Waals surface area contributed by atoms with Gasteiger partial charge in [0.2, 0.25) is 0 Å². The van der Waals surface area contributed by atoms with Crippen molar-refractivity contribution in [3.05, 3.63) is 24.0 Å². The molecule has 0 unspecified atom stereocenters. The Morgan fingerprint density at radius 1 is 1.40 bits per heavy atom. The van der Waals surface area contributed by atoms with E-state index in [1.807, 2.05) is 32.9 Å². The first-order chi connectivity index (χ1) is 9.37. The summed E-state index contributed by atoms with van der Waals surface area (Å²) in [6.45, 7) is 7.61. The predicted octanol–water partition coefficient (Wildman–Crippen LogP) is 1.96. The molecular weight excluding hydrogens is 254 g/mol. The van der Waals surface area contributed by atoms with Crippen LogP contribution in [-0.2, 0) is 4.74 Å². The van der Waals surface area contributed by atoms with E-state index in [1.54, 1.807) is 11.1 Å². The maximum atomic E-state index is 12.4. The molecule has 1 saturated heterocycles. The van der Waals surface area contributed by atoms with Crippen molar-refractivity contribution in [2.45, 2.75) is 45.3 Å². The zero-order valence-corrected chi connectivity index (χ0v) is 12.6. The highest BCUT2D eigenvalue weighted by Gasteiger charge is 2.33. The molecule has 5 heteroatoms. The molecule has 3 N–H and O–H groups in total. The molecule has 20 heavy (non-hydrogen) atoms. The topological polar surface area (TPSA) is 67.6 Å². The van der Waals surface area contributed by atoms with Crippen LogP contribution in [0.25, 0.3) is 0 Å². The highest BCUT2D eigenvalue weighted by Crippen LogP contribution is 2.27. The number of allylic oxidation sites excluding steroid dienone is 1. The molecule has 1 amide bonds. The quantitative estimate of drug-likeness (QED) is 0.770. The third-order valence-electron chi connectivity index (χ3n) is 3.57. The van der Waals surface area contributed by atoms with Crippen LogP contribution >= 0.6 is 0 Å². The second kappa shape index (κ2) is 5.87. The maximum Gasteiger partial charge on any atom is 0.414 e. The van der Waals surface area contributed by atoms with Crippen molar-refractivity contribution in [3.63, 3.8) is 0 Å². The summed E-state index contributed by atoms with van der Waals surface area (Å²) in [5, 5.41) is 3.35. The lowest BCUT2D eigenvalue weighted by atomic mass is 9.88. The number of hydrogen-bond acceptors (Lipinski definition) is 4. The molecule has 2 heterocycles. The molecule has 0 aromatic heterocycles. The van der Waals surface area contributed by atoms with E-state index in [0.29, 0.717) is 11.6 Å². The highest BCUT2D eigenvalue weighted by molar-refractivity contribution is 5.71. The molecule has 0 spiro atoms. The third-order valence-corrected chi connectivity index (χ3v) is 3.57. The molecule has 0 aromatic carbocycles. The molecule has 1 fully saturated rings. The molecule has 0 aliphatic carbocycles. The van der Waals surface area contributed by atoms with Gasteiger partial charge in [-0.25, -0.2) is 4.79 Å². The Hall–Kier alpha value is -1.49. The first-order valence-electron chi connectivity index (χ1n) is 7.24. The number of ether oxygens (including phenoxy) is 1. The summed E-state index contributed by atoms with van der Waals surface area (Å²) in [6, 6.07) is 0.0410. The van der Waals surface area contributed by atoms with Crippen LogP contribution in [0, 0.1) is 5.92 Å². The zero-order valence-electron chi connectivity index (χ0n) is 12.6. The normalized spacial score (nSPS) is 24.4.